The topological polar surface area (TPSA) is 49.6 Å². The first kappa shape index (κ1) is 15.0. The van der Waals surface area contributed by atoms with Crippen LogP contribution in [0.1, 0.15) is 18.9 Å². The second-order valence-electron chi connectivity index (χ2n) is 6.03. The number of amides is 1. The molecule has 0 aliphatic carbocycles. The summed E-state index contributed by atoms with van der Waals surface area (Å²) in [5.74, 6) is 0.737. The number of carbonyl (C=O) groups excluding carboxylic acids is 1. The van der Waals surface area contributed by atoms with Crippen molar-refractivity contribution in [2.75, 3.05) is 26.7 Å². The van der Waals surface area contributed by atoms with Crippen LogP contribution >= 0.6 is 0 Å². The van der Waals surface area contributed by atoms with Gasteiger partial charge in [0.05, 0.1) is 6.54 Å². The van der Waals surface area contributed by atoms with Crippen LogP contribution in [0.4, 0.5) is 0 Å². The van der Waals surface area contributed by atoms with Gasteiger partial charge in [-0.3, -0.25) is 9.69 Å². The maximum absolute atomic E-state index is 12.3. The summed E-state index contributed by atoms with van der Waals surface area (Å²) in [6.45, 7) is 5.13. The first-order valence-corrected chi connectivity index (χ1v) is 7.30. The maximum atomic E-state index is 12.3. The second-order valence-corrected chi connectivity index (χ2v) is 6.03. The fraction of sp³-hybridized carbons (Fsp3) is 0.562. The van der Waals surface area contributed by atoms with E-state index in [-0.39, 0.29) is 11.9 Å². The first-order chi connectivity index (χ1) is 9.54. The van der Waals surface area contributed by atoms with Gasteiger partial charge in [-0.1, -0.05) is 37.3 Å². The number of benzene rings is 1. The number of nitrogens with two attached hydrogens (primary N) is 1. The van der Waals surface area contributed by atoms with E-state index in [1.165, 1.54) is 0 Å². The lowest BCUT2D eigenvalue weighted by molar-refractivity contribution is -0.132. The highest BCUT2D eigenvalue weighted by molar-refractivity contribution is 5.78. The molecule has 1 saturated heterocycles. The zero-order valence-corrected chi connectivity index (χ0v) is 12.5. The summed E-state index contributed by atoms with van der Waals surface area (Å²) >= 11 is 0. The average molecular weight is 275 g/mol. The Bertz CT molecular complexity index is 425. The van der Waals surface area contributed by atoms with E-state index in [1.807, 2.05) is 37.4 Å². The van der Waals surface area contributed by atoms with Gasteiger partial charge < -0.3 is 10.6 Å². The third-order valence-electron chi connectivity index (χ3n) is 3.81. The van der Waals surface area contributed by atoms with E-state index in [0.29, 0.717) is 19.0 Å². The van der Waals surface area contributed by atoms with E-state index in [2.05, 4.69) is 11.8 Å². The lowest BCUT2D eigenvalue weighted by Crippen LogP contribution is -2.49. The molecule has 1 fully saturated rings. The van der Waals surface area contributed by atoms with Gasteiger partial charge in [0.25, 0.3) is 0 Å². The van der Waals surface area contributed by atoms with Crippen molar-refractivity contribution in [3.05, 3.63) is 35.9 Å². The Morgan fingerprint density at radius 1 is 1.35 bits per heavy atom. The van der Waals surface area contributed by atoms with Crippen molar-refractivity contribution in [2.24, 2.45) is 11.7 Å². The molecule has 2 N–H and O–H groups in total. The van der Waals surface area contributed by atoms with E-state index < -0.39 is 0 Å². The van der Waals surface area contributed by atoms with Crippen LogP contribution in [0.5, 0.6) is 0 Å². The van der Waals surface area contributed by atoms with Gasteiger partial charge in [0.15, 0.2) is 0 Å². The van der Waals surface area contributed by atoms with Crippen LogP contribution in [0.2, 0.25) is 0 Å². The molecule has 2 unspecified atom stereocenters. The van der Waals surface area contributed by atoms with Gasteiger partial charge in [0, 0.05) is 32.7 Å². The zero-order valence-electron chi connectivity index (χ0n) is 12.5. The van der Waals surface area contributed by atoms with Crippen molar-refractivity contribution < 1.29 is 4.79 Å². The molecule has 1 aliphatic rings. The van der Waals surface area contributed by atoms with Crippen LogP contribution in [0.25, 0.3) is 0 Å². The normalized spacial score (nSPS) is 23.6. The van der Waals surface area contributed by atoms with Crippen molar-refractivity contribution in [1.29, 1.82) is 0 Å². The summed E-state index contributed by atoms with van der Waals surface area (Å²) in [5.41, 5.74) is 7.18. The fourth-order valence-corrected chi connectivity index (χ4v) is 2.90. The number of piperidine rings is 1. The number of carbonyl (C=O) groups is 1. The number of likely N-dealkylation sites (tertiary alicyclic amines) is 1. The Hall–Kier alpha value is -1.39. The molecule has 2 rings (SSSR count). The highest BCUT2D eigenvalue weighted by Gasteiger charge is 2.24. The summed E-state index contributed by atoms with van der Waals surface area (Å²) in [7, 11) is 1.86. The summed E-state index contributed by atoms with van der Waals surface area (Å²) in [4.78, 5) is 16.2. The van der Waals surface area contributed by atoms with Crippen molar-refractivity contribution in [1.82, 2.24) is 9.80 Å². The third kappa shape index (κ3) is 4.32. The number of hydrogen-bond acceptors (Lipinski definition) is 3. The monoisotopic (exact) mass is 275 g/mol. The minimum absolute atomic E-state index is 0.162. The molecule has 1 amide bonds. The summed E-state index contributed by atoms with van der Waals surface area (Å²) in [6.07, 6.45) is 1.06. The molecule has 0 saturated carbocycles. The van der Waals surface area contributed by atoms with Gasteiger partial charge >= 0.3 is 0 Å². The Labute approximate surface area is 121 Å². The van der Waals surface area contributed by atoms with Crippen molar-refractivity contribution >= 4 is 5.91 Å². The molecule has 0 spiro atoms. The lowest BCUT2D eigenvalue weighted by atomic mass is 9.96. The van der Waals surface area contributed by atoms with Crippen LogP contribution in [-0.2, 0) is 11.3 Å². The maximum Gasteiger partial charge on any atom is 0.236 e. The van der Waals surface area contributed by atoms with Crippen LogP contribution in [0, 0.1) is 5.92 Å². The molecule has 0 bridgehead atoms. The first-order valence-electron chi connectivity index (χ1n) is 7.30. The van der Waals surface area contributed by atoms with Crippen molar-refractivity contribution in [2.45, 2.75) is 25.9 Å². The number of rotatable bonds is 4. The van der Waals surface area contributed by atoms with Crippen LogP contribution in [0.15, 0.2) is 30.3 Å². The summed E-state index contributed by atoms with van der Waals surface area (Å²) in [6, 6.07) is 10.3. The SMILES string of the molecule is CC1CC(N)CN(CC(=O)N(C)Cc2ccccc2)C1. The van der Waals surface area contributed by atoms with Crippen molar-refractivity contribution in [3.8, 4) is 0 Å². The molecule has 1 aromatic carbocycles. The molecule has 0 aromatic heterocycles. The van der Waals surface area contributed by atoms with Gasteiger partial charge in [-0.15, -0.1) is 0 Å². The summed E-state index contributed by atoms with van der Waals surface area (Å²) < 4.78 is 0. The van der Waals surface area contributed by atoms with E-state index >= 15 is 0 Å². The molecular formula is C16H25N3O. The number of hydrogen-bond donors (Lipinski definition) is 1. The Morgan fingerprint density at radius 3 is 2.70 bits per heavy atom. The van der Waals surface area contributed by atoms with Crippen LogP contribution in [-0.4, -0.2) is 48.4 Å². The van der Waals surface area contributed by atoms with Gasteiger partial charge in [0.2, 0.25) is 5.91 Å². The Balaban J connectivity index is 1.84. The molecule has 0 radical (unpaired) electrons. The molecule has 2 atom stereocenters. The molecule has 110 valence electrons. The smallest absolute Gasteiger partial charge is 0.236 e. The highest BCUT2D eigenvalue weighted by atomic mass is 16.2. The lowest BCUT2D eigenvalue weighted by Gasteiger charge is -2.35. The number of likely N-dealkylation sites (N-methyl/N-ethyl adjacent to an activating group) is 1. The second kappa shape index (κ2) is 6.86. The van der Waals surface area contributed by atoms with Crippen LogP contribution in [0.3, 0.4) is 0 Å². The standard InChI is InChI=1S/C16H25N3O/c1-13-8-15(17)11-19(9-13)12-16(20)18(2)10-14-6-4-3-5-7-14/h3-7,13,15H,8-12,17H2,1-2H3. The minimum Gasteiger partial charge on any atom is -0.340 e. The molecule has 1 heterocycles. The van der Waals surface area contributed by atoms with E-state index in [9.17, 15) is 4.79 Å². The van der Waals surface area contributed by atoms with E-state index in [4.69, 9.17) is 5.73 Å². The minimum atomic E-state index is 0.162. The van der Waals surface area contributed by atoms with Crippen molar-refractivity contribution in [3.63, 3.8) is 0 Å². The summed E-state index contributed by atoms with van der Waals surface area (Å²) in [5, 5.41) is 0. The third-order valence-corrected chi connectivity index (χ3v) is 3.81. The predicted molar refractivity (Wildman–Crippen MR) is 81.1 cm³/mol. The molecule has 4 nitrogen and oxygen atoms in total. The van der Waals surface area contributed by atoms with Crippen LogP contribution < -0.4 is 5.73 Å². The van der Waals surface area contributed by atoms with Gasteiger partial charge in [0.1, 0.15) is 0 Å². The molecule has 1 aromatic rings. The van der Waals surface area contributed by atoms with Gasteiger partial charge in [-0.2, -0.15) is 0 Å². The fourth-order valence-electron chi connectivity index (χ4n) is 2.90. The molecular weight excluding hydrogens is 250 g/mol. The van der Waals surface area contributed by atoms with E-state index in [0.717, 1.165) is 25.1 Å². The van der Waals surface area contributed by atoms with E-state index in [1.54, 1.807) is 4.90 Å². The largest absolute Gasteiger partial charge is 0.340 e. The zero-order chi connectivity index (χ0) is 14.5. The molecule has 1 aliphatic heterocycles. The average Bonchev–Trinajstić information content (AvgIpc) is 2.38. The Kier molecular flexibility index (Phi) is 5.15. The molecule has 20 heavy (non-hydrogen) atoms. The molecule has 4 heteroatoms. The predicted octanol–water partition coefficient (Wildman–Crippen LogP) is 1.31. The number of nitrogens with zero attached hydrogens (tertiary/aromatic N) is 2. The van der Waals surface area contributed by atoms with Gasteiger partial charge in [-0.25, -0.2) is 0 Å². The van der Waals surface area contributed by atoms with Gasteiger partial charge in [-0.05, 0) is 17.9 Å². The Morgan fingerprint density at radius 2 is 2.05 bits per heavy atom. The highest BCUT2D eigenvalue weighted by Crippen LogP contribution is 2.15. The quantitative estimate of drug-likeness (QED) is 0.901.